The van der Waals surface area contributed by atoms with Crippen molar-refractivity contribution in [2.75, 3.05) is 0 Å². The van der Waals surface area contributed by atoms with Gasteiger partial charge >= 0.3 is 5.97 Å². The minimum absolute atomic E-state index is 0.164. The van der Waals surface area contributed by atoms with Crippen LogP contribution in [0.5, 0.6) is 0 Å². The maximum Gasteiger partial charge on any atom is 0.304 e. The van der Waals surface area contributed by atoms with Crippen LogP contribution in [0.25, 0.3) is 10.9 Å². The van der Waals surface area contributed by atoms with Crippen molar-refractivity contribution in [1.29, 1.82) is 0 Å². The van der Waals surface area contributed by atoms with Gasteiger partial charge < -0.3 is 15.0 Å². The van der Waals surface area contributed by atoms with E-state index in [4.69, 9.17) is 0 Å². The summed E-state index contributed by atoms with van der Waals surface area (Å²) in [4.78, 5) is 24.6. The molecule has 138 valence electrons. The van der Waals surface area contributed by atoms with Crippen molar-refractivity contribution in [1.82, 2.24) is 9.88 Å². The van der Waals surface area contributed by atoms with Crippen LogP contribution in [0.3, 0.4) is 0 Å². The quantitative estimate of drug-likeness (QED) is 0.733. The number of hydrogen-bond donors (Lipinski definition) is 2. The van der Waals surface area contributed by atoms with Crippen molar-refractivity contribution in [3.63, 3.8) is 0 Å². The van der Waals surface area contributed by atoms with Crippen molar-refractivity contribution >= 4 is 22.8 Å². The summed E-state index contributed by atoms with van der Waals surface area (Å²) in [5, 5.41) is 13.5. The van der Waals surface area contributed by atoms with Crippen LogP contribution < -0.4 is 5.32 Å². The molecule has 2 N–H and O–H groups in total. The molecule has 2 aromatic carbocycles. The highest BCUT2D eigenvalue weighted by atomic mass is 16.4. The first-order valence-electron chi connectivity index (χ1n) is 9.09. The molecule has 0 aliphatic heterocycles. The summed E-state index contributed by atoms with van der Waals surface area (Å²) in [6.45, 7) is 0.377. The van der Waals surface area contributed by atoms with E-state index in [1.54, 1.807) is 0 Å². The van der Waals surface area contributed by atoms with E-state index in [0.717, 1.165) is 27.7 Å². The minimum Gasteiger partial charge on any atom is -0.481 e. The first kappa shape index (κ1) is 17.3. The van der Waals surface area contributed by atoms with Gasteiger partial charge in [0.15, 0.2) is 0 Å². The summed E-state index contributed by atoms with van der Waals surface area (Å²) >= 11 is 0. The summed E-state index contributed by atoms with van der Waals surface area (Å²) in [6.07, 6.45) is 0.773. The normalized spacial score (nSPS) is 14.9. The van der Waals surface area contributed by atoms with Crippen molar-refractivity contribution in [3.8, 4) is 0 Å². The summed E-state index contributed by atoms with van der Waals surface area (Å²) in [5.41, 5.74) is 3.32. The average Bonchev–Trinajstić information content (AvgIpc) is 3.17. The fraction of sp³-hybridized carbons (Fsp3) is 0.273. The smallest absolute Gasteiger partial charge is 0.304 e. The molecule has 4 rings (SSSR count). The number of benzene rings is 2. The molecule has 0 atom stereocenters. The molecule has 5 nitrogen and oxygen atoms in total. The van der Waals surface area contributed by atoms with Gasteiger partial charge in [-0.05, 0) is 41.5 Å². The first-order valence-corrected chi connectivity index (χ1v) is 9.09. The number of carbonyl (C=O) groups is 2. The second kappa shape index (κ2) is 6.58. The minimum atomic E-state index is -0.942. The highest BCUT2D eigenvalue weighted by Gasteiger charge is 2.45. The molecule has 0 unspecified atom stereocenters. The number of hydrogen-bond acceptors (Lipinski definition) is 2. The second-order valence-electron chi connectivity index (χ2n) is 7.41. The summed E-state index contributed by atoms with van der Waals surface area (Å²) in [6, 6.07) is 18.0. The highest BCUT2D eigenvalue weighted by Crippen LogP contribution is 2.40. The van der Waals surface area contributed by atoms with Crippen molar-refractivity contribution < 1.29 is 14.7 Å². The number of nitrogens with zero attached hydrogens (tertiary/aromatic N) is 1. The van der Waals surface area contributed by atoms with Gasteiger partial charge in [0.1, 0.15) is 0 Å². The van der Waals surface area contributed by atoms with Gasteiger partial charge in [0.05, 0.1) is 18.4 Å². The van der Waals surface area contributed by atoms with Gasteiger partial charge in [-0.25, -0.2) is 0 Å². The number of fused-ring (bicyclic) bond motifs is 2. The van der Waals surface area contributed by atoms with E-state index in [9.17, 15) is 14.7 Å². The lowest BCUT2D eigenvalue weighted by molar-refractivity contribution is -0.145. The van der Waals surface area contributed by atoms with Gasteiger partial charge in [0, 0.05) is 18.3 Å². The lowest BCUT2D eigenvalue weighted by Crippen LogP contribution is -2.43. The molecule has 0 spiro atoms. The Hall–Kier alpha value is -3.08. The fourth-order valence-corrected chi connectivity index (χ4v) is 4.22. The van der Waals surface area contributed by atoms with Crippen LogP contribution in [0.1, 0.15) is 23.2 Å². The monoisotopic (exact) mass is 362 g/mol. The third-order valence-corrected chi connectivity index (χ3v) is 5.63. The molecule has 0 bridgehead atoms. The number of para-hydroxylation sites is 1. The maximum absolute atomic E-state index is 13.1. The molecule has 1 aliphatic carbocycles. The Kier molecular flexibility index (Phi) is 4.22. The van der Waals surface area contributed by atoms with Gasteiger partial charge in [-0.3, -0.25) is 9.59 Å². The largest absolute Gasteiger partial charge is 0.481 e. The predicted molar refractivity (Wildman–Crippen MR) is 103 cm³/mol. The number of carboxylic acid groups (broad SMARTS) is 1. The maximum atomic E-state index is 13.1. The standard InChI is InChI=1S/C22H22N2O3/c1-24-18(10-15-6-4-5-9-19(15)24)14-23-21(27)22(13-20(25)26)11-16-7-2-3-8-17(16)12-22/h2-10H,11-14H2,1H3,(H,23,27)(H,25,26). The first-order chi connectivity index (χ1) is 13.0. The lowest BCUT2D eigenvalue weighted by Gasteiger charge is -2.26. The molecule has 1 aromatic heterocycles. The number of aryl methyl sites for hydroxylation is 1. The van der Waals surface area contributed by atoms with Crippen LogP contribution in [0.4, 0.5) is 0 Å². The number of aromatic nitrogens is 1. The SMILES string of the molecule is Cn1c(CNC(=O)C2(CC(=O)O)Cc3ccccc3C2)cc2ccccc21. The van der Waals surface area contributed by atoms with Gasteiger partial charge in [0.25, 0.3) is 0 Å². The van der Waals surface area contributed by atoms with Crippen LogP contribution >= 0.6 is 0 Å². The zero-order valence-corrected chi connectivity index (χ0v) is 15.2. The van der Waals surface area contributed by atoms with E-state index in [1.807, 2.05) is 55.6 Å². The molecule has 1 heterocycles. The Balaban J connectivity index is 1.56. The molecular weight excluding hydrogens is 340 g/mol. The topological polar surface area (TPSA) is 71.3 Å². The number of aliphatic carboxylic acids is 1. The van der Waals surface area contributed by atoms with Crippen LogP contribution in [0, 0.1) is 5.41 Å². The van der Waals surface area contributed by atoms with Crippen LogP contribution in [0.2, 0.25) is 0 Å². The van der Waals surface area contributed by atoms with Crippen LogP contribution in [-0.2, 0) is 36.0 Å². The van der Waals surface area contributed by atoms with Gasteiger partial charge in [-0.1, -0.05) is 42.5 Å². The molecule has 0 saturated heterocycles. The molecule has 3 aromatic rings. The van der Waals surface area contributed by atoms with E-state index >= 15 is 0 Å². The van der Waals surface area contributed by atoms with Crippen LogP contribution in [-0.4, -0.2) is 21.6 Å². The van der Waals surface area contributed by atoms with Gasteiger partial charge in [-0.2, -0.15) is 0 Å². The number of amides is 1. The molecule has 0 fully saturated rings. The number of rotatable bonds is 5. The highest BCUT2D eigenvalue weighted by molar-refractivity contribution is 5.88. The van der Waals surface area contributed by atoms with E-state index in [-0.39, 0.29) is 12.3 Å². The Morgan fingerprint density at radius 3 is 2.33 bits per heavy atom. The molecule has 5 heteroatoms. The molecular formula is C22H22N2O3. The van der Waals surface area contributed by atoms with E-state index in [0.29, 0.717) is 19.4 Å². The zero-order valence-electron chi connectivity index (χ0n) is 15.2. The van der Waals surface area contributed by atoms with Gasteiger partial charge in [-0.15, -0.1) is 0 Å². The Morgan fingerprint density at radius 1 is 1.07 bits per heavy atom. The van der Waals surface area contributed by atoms with E-state index in [2.05, 4.69) is 16.0 Å². The second-order valence-corrected chi connectivity index (χ2v) is 7.41. The molecule has 0 radical (unpaired) electrons. The van der Waals surface area contributed by atoms with Crippen molar-refractivity contribution in [2.45, 2.75) is 25.8 Å². The molecule has 1 aliphatic rings. The Labute approximate surface area is 157 Å². The Morgan fingerprint density at radius 2 is 1.70 bits per heavy atom. The summed E-state index contributed by atoms with van der Waals surface area (Å²) in [5.74, 6) is -1.13. The lowest BCUT2D eigenvalue weighted by atomic mass is 9.80. The van der Waals surface area contributed by atoms with Crippen LogP contribution in [0.15, 0.2) is 54.6 Å². The third kappa shape index (κ3) is 3.10. The van der Waals surface area contributed by atoms with E-state index < -0.39 is 11.4 Å². The molecule has 1 amide bonds. The van der Waals surface area contributed by atoms with E-state index in [1.165, 1.54) is 0 Å². The average molecular weight is 362 g/mol. The molecule has 0 saturated carbocycles. The Bertz CT molecular complexity index is 1010. The third-order valence-electron chi connectivity index (χ3n) is 5.63. The number of nitrogens with one attached hydrogen (secondary N) is 1. The fourth-order valence-electron chi connectivity index (χ4n) is 4.22. The number of carboxylic acids is 1. The summed E-state index contributed by atoms with van der Waals surface area (Å²) < 4.78 is 2.06. The van der Waals surface area contributed by atoms with Gasteiger partial charge in [0.2, 0.25) is 5.91 Å². The number of carbonyl (C=O) groups excluding carboxylic acids is 1. The molecule has 27 heavy (non-hydrogen) atoms. The van der Waals surface area contributed by atoms with Crippen molar-refractivity contribution in [2.24, 2.45) is 12.5 Å². The zero-order chi connectivity index (χ0) is 19.0. The predicted octanol–water partition coefficient (Wildman–Crippen LogP) is 3.05. The van der Waals surface area contributed by atoms with Crippen molar-refractivity contribution in [3.05, 3.63) is 71.4 Å². The summed E-state index contributed by atoms with van der Waals surface area (Å²) in [7, 11) is 1.97.